The van der Waals surface area contributed by atoms with Gasteiger partial charge in [-0.15, -0.1) is 0 Å². The first-order valence-electron chi connectivity index (χ1n) is 8.85. The Morgan fingerprint density at radius 1 is 1.04 bits per heavy atom. The number of carbonyl (C=O) groups is 1. The molecule has 0 saturated carbocycles. The van der Waals surface area contributed by atoms with Gasteiger partial charge in [-0.2, -0.15) is 0 Å². The van der Waals surface area contributed by atoms with Crippen molar-refractivity contribution in [3.05, 3.63) is 72.5 Å². The van der Waals surface area contributed by atoms with Gasteiger partial charge in [-0.1, -0.05) is 55.5 Å². The molecule has 0 spiro atoms. The van der Waals surface area contributed by atoms with Gasteiger partial charge in [-0.05, 0) is 30.0 Å². The van der Waals surface area contributed by atoms with Gasteiger partial charge in [0.1, 0.15) is 11.9 Å². The van der Waals surface area contributed by atoms with Gasteiger partial charge in [0, 0.05) is 11.1 Å². The fourth-order valence-corrected chi connectivity index (χ4v) is 4.43. The maximum Gasteiger partial charge on any atom is 0.248 e. The van der Waals surface area contributed by atoms with E-state index < -0.39 is 27.8 Å². The third-order valence-corrected chi connectivity index (χ3v) is 5.63. The SMILES string of the molecule is CC[C@H](C(=O)Nc1cccc2ccccc12)N(c1ccccc1F)S(C)(=O)=O. The first-order valence-corrected chi connectivity index (χ1v) is 10.7. The molecule has 28 heavy (non-hydrogen) atoms. The van der Waals surface area contributed by atoms with Gasteiger partial charge in [-0.3, -0.25) is 9.10 Å². The summed E-state index contributed by atoms with van der Waals surface area (Å²) in [6, 6.07) is 17.5. The second-order valence-electron chi connectivity index (χ2n) is 6.45. The van der Waals surface area contributed by atoms with Crippen LogP contribution in [0, 0.1) is 5.82 Å². The molecule has 0 saturated heterocycles. The Morgan fingerprint density at radius 2 is 1.68 bits per heavy atom. The molecule has 0 unspecified atom stereocenters. The lowest BCUT2D eigenvalue weighted by atomic mass is 10.1. The van der Waals surface area contributed by atoms with E-state index in [2.05, 4.69) is 5.32 Å². The zero-order valence-corrected chi connectivity index (χ0v) is 16.4. The minimum Gasteiger partial charge on any atom is -0.324 e. The van der Waals surface area contributed by atoms with Crippen molar-refractivity contribution < 1.29 is 17.6 Å². The highest BCUT2D eigenvalue weighted by Gasteiger charge is 2.33. The van der Waals surface area contributed by atoms with Crippen LogP contribution in [-0.2, 0) is 14.8 Å². The Labute approximate surface area is 163 Å². The van der Waals surface area contributed by atoms with Crippen LogP contribution in [0.2, 0.25) is 0 Å². The summed E-state index contributed by atoms with van der Waals surface area (Å²) in [6.07, 6.45) is 1.14. The summed E-state index contributed by atoms with van der Waals surface area (Å²) in [5, 5.41) is 4.59. The zero-order valence-electron chi connectivity index (χ0n) is 15.6. The predicted molar refractivity (Wildman–Crippen MR) is 110 cm³/mol. The number of hydrogen-bond acceptors (Lipinski definition) is 3. The molecule has 3 rings (SSSR count). The third-order valence-electron chi connectivity index (χ3n) is 4.47. The summed E-state index contributed by atoms with van der Waals surface area (Å²) >= 11 is 0. The molecule has 0 radical (unpaired) electrons. The van der Waals surface area contributed by atoms with Crippen LogP contribution in [0.15, 0.2) is 66.7 Å². The van der Waals surface area contributed by atoms with Gasteiger partial charge >= 0.3 is 0 Å². The lowest BCUT2D eigenvalue weighted by Gasteiger charge is -2.30. The van der Waals surface area contributed by atoms with Crippen molar-refractivity contribution in [2.24, 2.45) is 0 Å². The molecule has 0 bridgehead atoms. The number of carbonyl (C=O) groups excluding carboxylic acids is 1. The van der Waals surface area contributed by atoms with E-state index >= 15 is 0 Å². The number of amides is 1. The molecule has 0 aromatic heterocycles. The predicted octanol–water partition coefficient (Wildman–Crippen LogP) is 4.16. The van der Waals surface area contributed by atoms with Gasteiger partial charge in [-0.25, -0.2) is 12.8 Å². The average Bonchev–Trinajstić information content (AvgIpc) is 2.66. The maximum atomic E-state index is 14.3. The summed E-state index contributed by atoms with van der Waals surface area (Å²) in [5.41, 5.74) is 0.424. The van der Waals surface area contributed by atoms with Crippen molar-refractivity contribution >= 4 is 38.1 Å². The maximum absolute atomic E-state index is 14.3. The Morgan fingerprint density at radius 3 is 2.36 bits per heavy atom. The van der Waals surface area contributed by atoms with Gasteiger partial charge in [0.2, 0.25) is 15.9 Å². The standard InChI is InChI=1S/C21H21FN2O3S/c1-3-19(24(28(2,26)27)20-14-7-6-12-17(20)22)21(25)23-18-13-8-10-15-9-4-5-11-16(15)18/h4-14,19H,3H2,1-2H3,(H,23,25)/t19-/m1/s1. The third kappa shape index (κ3) is 3.99. The number of para-hydroxylation sites is 1. The number of benzene rings is 3. The number of hydrogen-bond donors (Lipinski definition) is 1. The Balaban J connectivity index is 2.00. The van der Waals surface area contributed by atoms with Gasteiger partial charge in [0.05, 0.1) is 11.9 Å². The Hall–Kier alpha value is -2.93. The first kappa shape index (κ1) is 19.8. The smallest absolute Gasteiger partial charge is 0.248 e. The van der Waals surface area contributed by atoms with Crippen LogP contribution in [0.4, 0.5) is 15.8 Å². The highest BCUT2D eigenvalue weighted by atomic mass is 32.2. The minimum atomic E-state index is -3.90. The summed E-state index contributed by atoms with van der Waals surface area (Å²) in [4.78, 5) is 13.0. The van der Waals surface area contributed by atoms with Crippen LogP contribution in [0.1, 0.15) is 13.3 Å². The van der Waals surface area contributed by atoms with Crippen LogP contribution in [-0.4, -0.2) is 26.6 Å². The van der Waals surface area contributed by atoms with E-state index in [4.69, 9.17) is 0 Å². The number of nitrogens with one attached hydrogen (secondary N) is 1. The van der Waals surface area contributed by atoms with Crippen molar-refractivity contribution in [3.63, 3.8) is 0 Å². The molecule has 3 aromatic rings. The van der Waals surface area contributed by atoms with Crippen LogP contribution in [0.25, 0.3) is 10.8 Å². The molecule has 1 N–H and O–H groups in total. The molecule has 146 valence electrons. The minimum absolute atomic E-state index is 0.148. The molecule has 1 atom stereocenters. The van der Waals surface area contributed by atoms with E-state index in [1.807, 2.05) is 36.4 Å². The highest BCUT2D eigenvalue weighted by molar-refractivity contribution is 7.92. The van der Waals surface area contributed by atoms with Crippen LogP contribution >= 0.6 is 0 Å². The Bertz CT molecular complexity index is 1110. The second-order valence-corrected chi connectivity index (χ2v) is 8.31. The monoisotopic (exact) mass is 400 g/mol. The van der Waals surface area contributed by atoms with Crippen LogP contribution in [0.5, 0.6) is 0 Å². The fourth-order valence-electron chi connectivity index (χ4n) is 3.22. The van der Waals surface area contributed by atoms with Crippen molar-refractivity contribution in [2.75, 3.05) is 15.9 Å². The first-order chi connectivity index (χ1) is 13.3. The largest absolute Gasteiger partial charge is 0.324 e. The summed E-state index contributed by atoms with van der Waals surface area (Å²) in [7, 11) is -3.90. The van der Waals surface area contributed by atoms with Crippen molar-refractivity contribution in [3.8, 4) is 0 Å². The molecule has 0 fully saturated rings. The summed E-state index contributed by atoms with van der Waals surface area (Å²) < 4.78 is 40.0. The fraction of sp³-hybridized carbons (Fsp3) is 0.190. The molecule has 0 heterocycles. The number of nitrogens with zero attached hydrogens (tertiary/aromatic N) is 1. The molecule has 0 aliphatic heterocycles. The molecule has 0 aliphatic rings. The summed E-state index contributed by atoms with van der Waals surface area (Å²) in [5.74, 6) is -1.23. The molecule has 3 aromatic carbocycles. The topological polar surface area (TPSA) is 66.5 Å². The van der Waals surface area contributed by atoms with E-state index in [0.29, 0.717) is 5.69 Å². The molecule has 5 nitrogen and oxygen atoms in total. The number of sulfonamides is 1. The Kier molecular flexibility index (Phi) is 5.65. The molecule has 1 amide bonds. The van der Waals surface area contributed by atoms with Gasteiger partial charge < -0.3 is 5.32 Å². The van der Waals surface area contributed by atoms with Gasteiger partial charge in [0.25, 0.3) is 0 Å². The number of fused-ring (bicyclic) bond motifs is 1. The second kappa shape index (κ2) is 7.98. The lowest BCUT2D eigenvalue weighted by molar-refractivity contribution is -0.117. The molecule has 7 heteroatoms. The van der Waals surface area contributed by atoms with E-state index in [9.17, 15) is 17.6 Å². The normalized spacial score (nSPS) is 12.5. The molecular weight excluding hydrogens is 379 g/mol. The quantitative estimate of drug-likeness (QED) is 0.676. The van der Waals surface area contributed by atoms with E-state index in [-0.39, 0.29) is 12.1 Å². The van der Waals surface area contributed by atoms with E-state index in [1.165, 1.54) is 24.3 Å². The number of halogens is 1. The average molecular weight is 400 g/mol. The number of rotatable bonds is 6. The zero-order chi connectivity index (χ0) is 20.3. The lowest BCUT2D eigenvalue weighted by Crippen LogP contribution is -2.47. The van der Waals surface area contributed by atoms with E-state index in [1.54, 1.807) is 13.0 Å². The summed E-state index contributed by atoms with van der Waals surface area (Å²) in [6.45, 7) is 1.69. The van der Waals surface area contributed by atoms with Crippen LogP contribution in [0.3, 0.4) is 0 Å². The highest BCUT2D eigenvalue weighted by Crippen LogP contribution is 2.27. The number of anilines is 2. The van der Waals surface area contributed by atoms with Crippen LogP contribution < -0.4 is 9.62 Å². The van der Waals surface area contributed by atoms with Crippen molar-refractivity contribution in [2.45, 2.75) is 19.4 Å². The van der Waals surface area contributed by atoms with Crippen molar-refractivity contribution in [1.29, 1.82) is 0 Å². The van der Waals surface area contributed by atoms with Gasteiger partial charge in [0.15, 0.2) is 0 Å². The van der Waals surface area contributed by atoms with E-state index in [0.717, 1.165) is 21.3 Å². The van der Waals surface area contributed by atoms with Crippen molar-refractivity contribution in [1.82, 2.24) is 0 Å². The molecule has 0 aliphatic carbocycles. The molecular formula is C21H21FN2O3S.